The Hall–Kier alpha value is -4.44. The standard InChI is InChI=1S/C30H20Cl2N4O8S2/c31-18-13-20-23(14-19(18)32)43-24-15-21-28(27(25(24)34-20)33-16-7-3-1-4-8-16)44-22-11-12-30(46(40,41)42,36-17-9-5-2-6-10-17)29(26(22)35-21)45(37,38)39/h1-15,29,35-36H,(H,37,38,39)(H,40,41,42). The molecule has 16 heteroatoms. The fourth-order valence-corrected chi connectivity index (χ4v) is 8.33. The zero-order valence-corrected chi connectivity index (χ0v) is 26.2. The molecule has 2 heterocycles. The molecule has 12 nitrogen and oxygen atoms in total. The molecule has 0 radical (unpaired) electrons. The molecular formula is C30H20Cl2N4O8S2. The molecular weight excluding hydrogens is 679 g/mol. The van der Waals surface area contributed by atoms with Crippen molar-refractivity contribution in [2.45, 2.75) is 10.1 Å². The lowest BCUT2D eigenvalue weighted by Crippen LogP contribution is -2.60. The molecule has 0 bridgehead atoms. The number of nitrogens with one attached hydrogen (secondary N) is 2. The number of ether oxygens (including phenoxy) is 1. The predicted octanol–water partition coefficient (Wildman–Crippen LogP) is 6.01. The summed E-state index contributed by atoms with van der Waals surface area (Å²) in [5.41, 5.74) is 1.27. The zero-order chi connectivity index (χ0) is 32.4. The van der Waals surface area contributed by atoms with Crippen molar-refractivity contribution in [3.8, 4) is 17.2 Å². The molecule has 0 saturated carbocycles. The Morgan fingerprint density at radius 1 is 0.935 bits per heavy atom. The number of fused-ring (bicyclic) bond motifs is 3. The van der Waals surface area contributed by atoms with E-state index in [9.17, 15) is 25.9 Å². The van der Waals surface area contributed by atoms with Crippen LogP contribution in [0.1, 0.15) is 0 Å². The van der Waals surface area contributed by atoms with E-state index in [1.807, 2.05) is 6.07 Å². The normalized spacial score (nSPS) is 19.8. The highest BCUT2D eigenvalue weighted by Crippen LogP contribution is 2.44. The second kappa shape index (κ2) is 10.8. The summed E-state index contributed by atoms with van der Waals surface area (Å²) in [5.74, 6) is 0.0877. The van der Waals surface area contributed by atoms with Crippen molar-refractivity contribution in [1.82, 2.24) is 4.98 Å². The number of aromatic nitrogens is 1. The maximum atomic E-state index is 13.0. The lowest BCUT2D eigenvalue weighted by atomic mass is 10.00. The molecule has 3 aromatic carbocycles. The number of hydrogen-bond donors (Lipinski definition) is 4. The first-order valence-corrected chi connectivity index (χ1v) is 17.1. The number of hydrogen-bond acceptors (Lipinski definition) is 10. The highest BCUT2D eigenvalue weighted by molar-refractivity contribution is 7.91. The quantitative estimate of drug-likeness (QED) is 0.125. The van der Waals surface area contributed by atoms with Crippen LogP contribution in [0.4, 0.5) is 17.1 Å². The van der Waals surface area contributed by atoms with E-state index < -0.39 is 30.4 Å². The van der Waals surface area contributed by atoms with Crippen molar-refractivity contribution in [3.05, 3.63) is 118 Å². The third kappa shape index (κ3) is 5.08. The van der Waals surface area contributed by atoms with Crippen LogP contribution in [0.25, 0.3) is 22.6 Å². The van der Waals surface area contributed by atoms with Gasteiger partial charge < -0.3 is 19.8 Å². The number of halogens is 2. The molecule has 2 aliphatic carbocycles. The number of allylic oxidation sites excluding steroid dienone is 1. The minimum Gasteiger partial charge on any atom is -0.453 e. The van der Waals surface area contributed by atoms with Crippen LogP contribution in [0.2, 0.25) is 10.0 Å². The molecule has 3 aromatic rings. The van der Waals surface area contributed by atoms with E-state index in [-0.39, 0.29) is 61.0 Å². The molecule has 0 amide bonds. The van der Waals surface area contributed by atoms with Crippen molar-refractivity contribution in [2.75, 3.05) is 10.6 Å². The van der Waals surface area contributed by atoms with Gasteiger partial charge in [-0.3, -0.25) is 9.11 Å². The number of para-hydroxylation sites is 2. The van der Waals surface area contributed by atoms with Crippen LogP contribution in [0.15, 0.2) is 112 Å². The van der Waals surface area contributed by atoms with Gasteiger partial charge >= 0.3 is 0 Å². The summed E-state index contributed by atoms with van der Waals surface area (Å²) < 4.78 is 85.5. The average molecular weight is 700 g/mol. The summed E-state index contributed by atoms with van der Waals surface area (Å²) in [5, 5.41) is 3.82. The van der Waals surface area contributed by atoms with Crippen LogP contribution in [0.3, 0.4) is 0 Å². The SMILES string of the molecule is O=S(=O)(O)C1C2=C(C=CC1(Nc1ccccc1)S(=O)(=O)O)Oc1c(cc3oc4cc(Cl)c(Cl)cc4nc-3c1=Nc1ccccc1)N2. The van der Waals surface area contributed by atoms with Crippen LogP contribution in [-0.4, -0.2) is 41.0 Å². The van der Waals surface area contributed by atoms with Crippen molar-refractivity contribution in [2.24, 2.45) is 4.99 Å². The Balaban J connectivity index is 1.47. The van der Waals surface area contributed by atoms with Gasteiger partial charge in [0.1, 0.15) is 22.3 Å². The number of anilines is 2. The van der Waals surface area contributed by atoms with Gasteiger partial charge in [0, 0.05) is 17.8 Å². The van der Waals surface area contributed by atoms with Crippen LogP contribution in [-0.2, 0) is 20.2 Å². The van der Waals surface area contributed by atoms with E-state index in [0.29, 0.717) is 11.2 Å². The van der Waals surface area contributed by atoms with Gasteiger partial charge in [-0.1, -0.05) is 59.6 Å². The van der Waals surface area contributed by atoms with Gasteiger partial charge in [0.15, 0.2) is 22.3 Å². The Labute approximate surface area is 271 Å². The van der Waals surface area contributed by atoms with Crippen LogP contribution >= 0.6 is 23.2 Å². The minimum atomic E-state index is -5.30. The summed E-state index contributed by atoms with van der Waals surface area (Å²) in [4.78, 5) is 6.69. The van der Waals surface area contributed by atoms with Crippen LogP contribution in [0.5, 0.6) is 5.75 Å². The highest BCUT2D eigenvalue weighted by Gasteiger charge is 2.59. The smallest absolute Gasteiger partial charge is 0.294 e. The van der Waals surface area contributed by atoms with Crippen LogP contribution in [0, 0.1) is 0 Å². The Morgan fingerprint density at radius 3 is 2.28 bits per heavy atom. The number of benzene rings is 4. The monoisotopic (exact) mass is 698 g/mol. The molecule has 4 N–H and O–H groups in total. The maximum absolute atomic E-state index is 13.0. The van der Waals surface area contributed by atoms with E-state index in [0.717, 1.165) is 6.08 Å². The molecule has 0 saturated heterocycles. The molecule has 0 spiro atoms. The topological polar surface area (TPSA) is 180 Å². The van der Waals surface area contributed by atoms with Crippen molar-refractivity contribution in [1.29, 1.82) is 0 Å². The van der Waals surface area contributed by atoms with E-state index in [1.54, 1.807) is 42.5 Å². The third-order valence-corrected chi connectivity index (χ3v) is 10.8. The van der Waals surface area contributed by atoms with E-state index >= 15 is 0 Å². The molecule has 7 rings (SSSR count). The summed E-state index contributed by atoms with van der Waals surface area (Å²) in [6, 6.07) is 21.1. The first kappa shape index (κ1) is 30.2. The minimum absolute atomic E-state index is 0.0892. The third-order valence-electron chi connectivity index (χ3n) is 7.36. The molecule has 46 heavy (non-hydrogen) atoms. The van der Waals surface area contributed by atoms with Crippen molar-refractivity contribution in [3.63, 3.8) is 0 Å². The lowest BCUT2D eigenvalue weighted by molar-refractivity contribution is 0.399. The van der Waals surface area contributed by atoms with Crippen molar-refractivity contribution < 1.29 is 35.1 Å². The van der Waals surface area contributed by atoms with Gasteiger partial charge in [-0.15, -0.1) is 0 Å². The molecule has 2 unspecified atom stereocenters. The number of nitrogens with zero attached hydrogens (tertiary/aromatic N) is 2. The van der Waals surface area contributed by atoms with E-state index in [4.69, 9.17) is 42.3 Å². The van der Waals surface area contributed by atoms with Gasteiger partial charge in [-0.05, 0) is 42.5 Å². The largest absolute Gasteiger partial charge is 0.453 e. The number of rotatable bonds is 5. The van der Waals surface area contributed by atoms with E-state index in [1.165, 1.54) is 36.4 Å². The fraction of sp³-hybridized carbons (Fsp3) is 0.0667. The summed E-state index contributed by atoms with van der Waals surface area (Å²) >= 11 is 12.4. The predicted molar refractivity (Wildman–Crippen MR) is 172 cm³/mol. The summed E-state index contributed by atoms with van der Waals surface area (Å²) in [6.07, 6.45) is 2.08. The van der Waals surface area contributed by atoms with Gasteiger partial charge in [-0.2, -0.15) is 16.8 Å². The van der Waals surface area contributed by atoms with Gasteiger partial charge in [0.25, 0.3) is 20.2 Å². The maximum Gasteiger partial charge on any atom is 0.294 e. The van der Waals surface area contributed by atoms with Crippen LogP contribution < -0.4 is 20.7 Å². The summed E-state index contributed by atoms with van der Waals surface area (Å²) in [7, 11) is -10.6. The molecule has 234 valence electrons. The lowest BCUT2D eigenvalue weighted by Gasteiger charge is -2.40. The Bertz CT molecular complexity index is 2380. The van der Waals surface area contributed by atoms with Gasteiger partial charge in [0.2, 0.25) is 4.87 Å². The first-order valence-electron chi connectivity index (χ1n) is 13.4. The van der Waals surface area contributed by atoms with Gasteiger partial charge in [0.05, 0.1) is 27.1 Å². The average Bonchev–Trinajstić information content (AvgIpc) is 3.00. The van der Waals surface area contributed by atoms with Crippen molar-refractivity contribution >= 4 is 71.6 Å². The first-order chi connectivity index (χ1) is 21.8. The molecule has 0 aromatic heterocycles. The fourth-order valence-electron chi connectivity index (χ4n) is 5.36. The molecule has 2 atom stereocenters. The highest BCUT2D eigenvalue weighted by atomic mass is 35.5. The Morgan fingerprint density at radius 2 is 1.61 bits per heavy atom. The van der Waals surface area contributed by atoms with E-state index in [2.05, 4.69) is 10.6 Å². The zero-order valence-electron chi connectivity index (χ0n) is 23.0. The molecule has 4 aliphatic rings. The van der Waals surface area contributed by atoms with Gasteiger partial charge in [-0.25, -0.2) is 9.98 Å². The molecule has 0 fully saturated rings. The summed E-state index contributed by atoms with van der Waals surface area (Å²) in [6.45, 7) is 0. The second-order valence-electron chi connectivity index (χ2n) is 10.3. The Kier molecular flexibility index (Phi) is 7.12. The molecule has 2 aliphatic heterocycles. The second-order valence-corrected chi connectivity index (χ2v) is 14.3.